The van der Waals surface area contributed by atoms with Crippen LogP contribution in [0.4, 0.5) is 5.69 Å². The first-order valence-corrected chi connectivity index (χ1v) is 14.3. The molecule has 8 heteroatoms. The second kappa shape index (κ2) is 10.3. The summed E-state index contributed by atoms with van der Waals surface area (Å²) < 4.78 is 10.8. The number of rotatable bonds is 6. The molecule has 4 atom stereocenters. The molecule has 218 valence electrons. The Labute approximate surface area is 253 Å². The molecule has 1 amide bonds. The predicted octanol–water partition coefficient (Wildman–Crippen LogP) is 5.60. The van der Waals surface area contributed by atoms with Crippen molar-refractivity contribution in [3.05, 3.63) is 131 Å². The largest absolute Gasteiger partial charge is 0.496 e. The quantitative estimate of drug-likeness (QED) is 0.179. The maximum atomic E-state index is 15.0. The SMILES string of the molecule is COc1ccccc1C(=O)[C@@H]1[C@H](C(=O)c2ccc(OC(C)=O)cc2)N2C=Cc3ccccc3[C@H]2[C@]12C(=O)Nc1ccccc12. The third kappa shape index (κ3) is 3.91. The van der Waals surface area contributed by atoms with Gasteiger partial charge in [-0.25, -0.2) is 0 Å². The second-order valence-corrected chi connectivity index (χ2v) is 11.1. The molecule has 7 rings (SSSR count). The number of nitrogens with zero attached hydrogens (tertiary/aromatic N) is 1. The van der Waals surface area contributed by atoms with Gasteiger partial charge in [0.15, 0.2) is 11.6 Å². The van der Waals surface area contributed by atoms with Crippen LogP contribution < -0.4 is 14.8 Å². The number of ketones is 2. The lowest BCUT2D eigenvalue weighted by Crippen LogP contribution is -2.49. The van der Waals surface area contributed by atoms with Crippen molar-refractivity contribution in [1.82, 2.24) is 4.90 Å². The molecule has 0 saturated carbocycles. The number of hydrogen-bond acceptors (Lipinski definition) is 7. The molecular formula is C36H28N2O6. The van der Waals surface area contributed by atoms with E-state index in [1.165, 1.54) is 14.0 Å². The van der Waals surface area contributed by atoms with Crippen molar-refractivity contribution in [1.29, 1.82) is 0 Å². The molecule has 4 aromatic carbocycles. The van der Waals surface area contributed by atoms with Crippen LogP contribution in [0.15, 0.2) is 103 Å². The van der Waals surface area contributed by atoms with Crippen LogP contribution in [0.2, 0.25) is 0 Å². The Hall–Kier alpha value is -5.50. The summed E-state index contributed by atoms with van der Waals surface area (Å²) in [5.41, 5.74) is 2.19. The summed E-state index contributed by atoms with van der Waals surface area (Å²) in [6.07, 6.45) is 3.74. The van der Waals surface area contributed by atoms with Crippen LogP contribution in [0.5, 0.6) is 11.5 Å². The summed E-state index contributed by atoms with van der Waals surface area (Å²) in [6, 6.07) is 26.6. The monoisotopic (exact) mass is 584 g/mol. The summed E-state index contributed by atoms with van der Waals surface area (Å²) in [4.78, 5) is 57.6. The van der Waals surface area contributed by atoms with Gasteiger partial charge in [-0.15, -0.1) is 0 Å². The molecular weight excluding hydrogens is 556 g/mol. The summed E-state index contributed by atoms with van der Waals surface area (Å²) >= 11 is 0. The van der Waals surface area contributed by atoms with Crippen LogP contribution in [-0.4, -0.2) is 41.5 Å². The normalized spacial score (nSPS) is 22.5. The Morgan fingerprint density at radius 2 is 1.55 bits per heavy atom. The number of methoxy groups -OCH3 is 1. The molecule has 1 saturated heterocycles. The van der Waals surface area contributed by atoms with Gasteiger partial charge in [0.25, 0.3) is 0 Å². The first kappa shape index (κ1) is 27.3. The predicted molar refractivity (Wildman–Crippen MR) is 163 cm³/mol. The number of esters is 1. The van der Waals surface area contributed by atoms with E-state index in [0.717, 1.165) is 11.1 Å². The molecule has 0 aromatic heterocycles. The van der Waals surface area contributed by atoms with Gasteiger partial charge in [0, 0.05) is 24.4 Å². The number of carbonyl (C=O) groups is 4. The van der Waals surface area contributed by atoms with Crippen LogP contribution in [0, 0.1) is 5.92 Å². The van der Waals surface area contributed by atoms with E-state index in [4.69, 9.17) is 9.47 Å². The summed E-state index contributed by atoms with van der Waals surface area (Å²) in [5.74, 6) is -2.00. The molecule has 1 N–H and O–H groups in total. The van der Waals surface area contributed by atoms with Crippen molar-refractivity contribution in [2.24, 2.45) is 5.92 Å². The number of benzene rings is 4. The van der Waals surface area contributed by atoms with E-state index >= 15 is 0 Å². The van der Waals surface area contributed by atoms with E-state index in [-0.39, 0.29) is 23.0 Å². The first-order chi connectivity index (χ1) is 21.4. The van der Waals surface area contributed by atoms with Crippen molar-refractivity contribution in [2.75, 3.05) is 12.4 Å². The van der Waals surface area contributed by atoms with Gasteiger partial charge in [0.1, 0.15) is 23.0 Å². The third-order valence-electron chi connectivity index (χ3n) is 8.89. The zero-order valence-electron chi connectivity index (χ0n) is 24.0. The lowest BCUT2D eigenvalue weighted by molar-refractivity contribution is -0.131. The minimum absolute atomic E-state index is 0.289. The van der Waals surface area contributed by atoms with Crippen LogP contribution >= 0.6 is 0 Å². The number of ether oxygens (including phenoxy) is 2. The number of amides is 1. The van der Waals surface area contributed by atoms with E-state index in [9.17, 15) is 19.2 Å². The molecule has 0 bridgehead atoms. The Morgan fingerprint density at radius 1 is 0.841 bits per heavy atom. The van der Waals surface area contributed by atoms with Gasteiger partial charge in [-0.1, -0.05) is 54.6 Å². The molecule has 0 aliphatic carbocycles. The fourth-order valence-electron chi connectivity index (χ4n) is 7.21. The van der Waals surface area contributed by atoms with Crippen molar-refractivity contribution in [3.8, 4) is 11.5 Å². The summed E-state index contributed by atoms with van der Waals surface area (Å²) in [5, 5.41) is 3.05. The van der Waals surface area contributed by atoms with Gasteiger partial charge < -0.3 is 19.7 Å². The lowest BCUT2D eigenvalue weighted by Gasteiger charge is -2.38. The number of carbonyl (C=O) groups excluding carboxylic acids is 4. The Kier molecular flexibility index (Phi) is 6.43. The van der Waals surface area contributed by atoms with Gasteiger partial charge in [-0.05, 0) is 65.2 Å². The number of nitrogens with one attached hydrogen (secondary N) is 1. The van der Waals surface area contributed by atoms with E-state index in [1.54, 1.807) is 48.5 Å². The molecule has 3 aliphatic rings. The standard InChI is InChI=1S/C36H28N2O6/c1-21(39)44-24-17-15-23(16-18-24)32(40)31-30(33(41)26-11-5-8-14-29(26)43-2)36(27-12-6-7-13-28(27)37-35(36)42)34-25-10-4-3-9-22(25)19-20-38(31)34/h3-20,30-31,34H,1-2H3,(H,37,42)/t30-,31+,34-,36+/m0/s1. The fourth-order valence-corrected chi connectivity index (χ4v) is 7.21. The van der Waals surface area contributed by atoms with Gasteiger partial charge in [-0.3, -0.25) is 19.2 Å². The number of Topliss-reactive ketones (excluding diaryl/α,β-unsaturated/α-hetero) is 2. The number of hydrogen-bond donors (Lipinski definition) is 1. The van der Waals surface area contributed by atoms with E-state index in [1.807, 2.05) is 65.7 Å². The van der Waals surface area contributed by atoms with Crippen molar-refractivity contribution in [2.45, 2.75) is 24.4 Å². The van der Waals surface area contributed by atoms with E-state index in [0.29, 0.717) is 28.3 Å². The van der Waals surface area contributed by atoms with Crippen LogP contribution in [0.3, 0.4) is 0 Å². The van der Waals surface area contributed by atoms with Gasteiger partial charge in [0.05, 0.1) is 24.6 Å². The molecule has 0 unspecified atom stereocenters. The Balaban J connectivity index is 1.49. The minimum Gasteiger partial charge on any atom is -0.496 e. The van der Waals surface area contributed by atoms with Crippen molar-refractivity contribution >= 4 is 35.2 Å². The highest BCUT2D eigenvalue weighted by molar-refractivity contribution is 6.17. The second-order valence-electron chi connectivity index (χ2n) is 11.1. The summed E-state index contributed by atoms with van der Waals surface area (Å²) in [7, 11) is 1.49. The maximum Gasteiger partial charge on any atom is 0.308 e. The third-order valence-corrected chi connectivity index (χ3v) is 8.89. The average Bonchev–Trinajstić information content (AvgIpc) is 3.52. The molecule has 4 aromatic rings. The molecule has 1 fully saturated rings. The zero-order valence-corrected chi connectivity index (χ0v) is 24.0. The topological polar surface area (TPSA) is 102 Å². The molecule has 44 heavy (non-hydrogen) atoms. The highest BCUT2D eigenvalue weighted by Gasteiger charge is 2.70. The summed E-state index contributed by atoms with van der Waals surface area (Å²) in [6.45, 7) is 1.30. The van der Waals surface area contributed by atoms with Gasteiger partial charge >= 0.3 is 5.97 Å². The van der Waals surface area contributed by atoms with Crippen molar-refractivity contribution < 1.29 is 28.7 Å². The highest BCUT2D eigenvalue weighted by atomic mass is 16.5. The van der Waals surface area contributed by atoms with Crippen LogP contribution in [0.1, 0.15) is 50.4 Å². The van der Waals surface area contributed by atoms with Gasteiger partial charge in [-0.2, -0.15) is 0 Å². The van der Waals surface area contributed by atoms with Crippen LogP contribution in [-0.2, 0) is 15.0 Å². The van der Waals surface area contributed by atoms with E-state index < -0.39 is 29.4 Å². The van der Waals surface area contributed by atoms with Gasteiger partial charge in [0.2, 0.25) is 5.91 Å². The average molecular weight is 585 g/mol. The molecule has 1 spiro atoms. The molecule has 3 heterocycles. The maximum absolute atomic E-state index is 15.0. The molecule has 3 aliphatic heterocycles. The Morgan fingerprint density at radius 3 is 2.32 bits per heavy atom. The smallest absolute Gasteiger partial charge is 0.308 e. The van der Waals surface area contributed by atoms with E-state index in [2.05, 4.69) is 5.32 Å². The first-order valence-electron chi connectivity index (χ1n) is 14.3. The number of anilines is 1. The fraction of sp³-hybridized carbons (Fsp3) is 0.167. The van der Waals surface area contributed by atoms with Crippen LogP contribution in [0.25, 0.3) is 6.08 Å². The van der Waals surface area contributed by atoms with Crippen molar-refractivity contribution in [3.63, 3.8) is 0 Å². The number of para-hydroxylation sites is 2. The minimum atomic E-state index is -1.45. The number of fused-ring (bicyclic) bond motifs is 6. The molecule has 8 nitrogen and oxygen atoms in total. The lowest BCUT2D eigenvalue weighted by atomic mass is 9.62. The highest BCUT2D eigenvalue weighted by Crippen LogP contribution is 2.62. The Bertz CT molecular complexity index is 1880. The molecule has 0 radical (unpaired) electrons. The zero-order chi connectivity index (χ0) is 30.6.